The summed E-state index contributed by atoms with van der Waals surface area (Å²) in [6.45, 7) is 0.726. The molecule has 1 atom stereocenters. The Bertz CT molecular complexity index is 685. The van der Waals surface area contributed by atoms with Crippen LogP contribution in [0.2, 0.25) is 0 Å². The van der Waals surface area contributed by atoms with Crippen LogP contribution in [-0.4, -0.2) is 32.1 Å². The summed E-state index contributed by atoms with van der Waals surface area (Å²) >= 11 is 0. The van der Waals surface area contributed by atoms with Gasteiger partial charge in [-0.2, -0.15) is 0 Å². The number of amides is 1. The second-order valence-electron chi connectivity index (χ2n) is 5.70. The maximum atomic E-state index is 11.5. The predicted molar refractivity (Wildman–Crippen MR) is 88.9 cm³/mol. The molecule has 0 bridgehead atoms. The molecule has 120 valence electrons. The van der Waals surface area contributed by atoms with E-state index in [1.807, 2.05) is 35.2 Å². The number of ether oxygens (including phenoxy) is 2. The van der Waals surface area contributed by atoms with E-state index in [1.54, 1.807) is 14.2 Å². The topological polar surface area (TPSA) is 38.8 Å². The van der Waals surface area contributed by atoms with Gasteiger partial charge in [0.05, 0.1) is 20.3 Å². The molecule has 0 aromatic heterocycles. The molecule has 1 aliphatic heterocycles. The van der Waals surface area contributed by atoms with Gasteiger partial charge in [0.2, 0.25) is 6.41 Å². The fourth-order valence-electron chi connectivity index (χ4n) is 3.24. The van der Waals surface area contributed by atoms with E-state index in [0.717, 1.165) is 37.1 Å². The first-order valence-corrected chi connectivity index (χ1v) is 7.76. The van der Waals surface area contributed by atoms with E-state index in [4.69, 9.17) is 9.47 Å². The maximum absolute atomic E-state index is 11.5. The molecule has 0 saturated heterocycles. The lowest BCUT2D eigenvalue weighted by Crippen LogP contribution is -2.35. The van der Waals surface area contributed by atoms with Gasteiger partial charge in [-0.25, -0.2) is 0 Å². The van der Waals surface area contributed by atoms with Gasteiger partial charge in [0.25, 0.3) is 0 Å². The number of fused-ring (bicyclic) bond motifs is 1. The van der Waals surface area contributed by atoms with Crippen molar-refractivity contribution in [1.82, 2.24) is 4.90 Å². The quantitative estimate of drug-likeness (QED) is 0.797. The van der Waals surface area contributed by atoms with Crippen LogP contribution in [0.3, 0.4) is 0 Å². The third-order valence-electron chi connectivity index (χ3n) is 4.45. The highest BCUT2D eigenvalue weighted by Crippen LogP contribution is 2.38. The standard InChI is InChI=1S/C19H21NO3/c1-22-18-11-15-8-9-20(13-21)17(16(15)12-19(18)23-2)10-14-6-4-3-5-7-14/h3-7,11-13,17H,8-10H2,1-2H3. The number of carbonyl (C=O) groups is 1. The van der Waals surface area contributed by atoms with Crippen molar-refractivity contribution in [2.24, 2.45) is 0 Å². The number of rotatable bonds is 5. The minimum absolute atomic E-state index is 0.0263. The summed E-state index contributed by atoms with van der Waals surface area (Å²) in [4.78, 5) is 13.4. The fraction of sp³-hybridized carbons (Fsp3) is 0.316. The van der Waals surface area contributed by atoms with Gasteiger partial charge in [0, 0.05) is 6.54 Å². The molecule has 0 N–H and O–H groups in total. The van der Waals surface area contributed by atoms with Crippen molar-refractivity contribution in [3.63, 3.8) is 0 Å². The first-order valence-electron chi connectivity index (χ1n) is 7.76. The molecule has 2 aromatic rings. The van der Waals surface area contributed by atoms with Crippen molar-refractivity contribution in [3.8, 4) is 11.5 Å². The molecule has 4 heteroatoms. The minimum atomic E-state index is 0.0263. The van der Waals surface area contributed by atoms with Crippen LogP contribution < -0.4 is 9.47 Å². The summed E-state index contributed by atoms with van der Waals surface area (Å²) in [5, 5.41) is 0. The predicted octanol–water partition coefficient (Wildman–Crippen LogP) is 3.00. The molecule has 0 aliphatic carbocycles. The zero-order valence-electron chi connectivity index (χ0n) is 13.5. The van der Waals surface area contributed by atoms with E-state index in [-0.39, 0.29) is 6.04 Å². The Balaban J connectivity index is 2.02. The number of hydrogen-bond donors (Lipinski definition) is 0. The van der Waals surface area contributed by atoms with Gasteiger partial charge in [-0.3, -0.25) is 4.79 Å². The van der Waals surface area contributed by atoms with E-state index < -0.39 is 0 Å². The van der Waals surface area contributed by atoms with E-state index in [9.17, 15) is 4.79 Å². The van der Waals surface area contributed by atoms with Crippen LogP contribution >= 0.6 is 0 Å². The average molecular weight is 311 g/mol. The van der Waals surface area contributed by atoms with Crippen molar-refractivity contribution < 1.29 is 14.3 Å². The van der Waals surface area contributed by atoms with Crippen molar-refractivity contribution >= 4 is 6.41 Å². The Morgan fingerprint density at radius 3 is 2.48 bits per heavy atom. The van der Waals surface area contributed by atoms with Crippen LogP contribution in [0.1, 0.15) is 22.7 Å². The van der Waals surface area contributed by atoms with E-state index in [0.29, 0.717) is 5.75 Å². The summed E-state index contributed by atoms with van der Waals surface area (Å²) < 4.78 is 10.8. The van der Waals surface area contributed by atoms with E-state index in [2.05, 4.69) is 12.1 Å². The molecular formula is C19H21NO3. The molecule has 0 fully saturated rings. The van der Waals surface area contributed by atoms with Crippen LogP contribution in [-0.2, 0) is 17.6 Å². The lowest BCUT2D eigenvalue weighted by atomic mass is 9.88. The maximum Gasteiger partial charge on any atom is 0.210 e. The average Bonchev–Trinajstić information content (AvgIpc) is 2.61. The molecule has 1 unspecified atom stereocenters. The van der Waals surface area contributed by atoms with Gasteiger partial charge >= 0.3 is 0 Å². The first-order chi connectivity index (χ1) is 11.3. The third kappa shape index (κ3) is 3.02. The molecule has 1 heterocycles. The van der Waals surface area contributed by atoms with Gasteiger partial charge in [-0.15, -0.1) is 0 Å². The highest BCUT2D eigenvalue weighted by molar-refractivity contribution is 5.55. The van der Waals surface area contributed by atoms with Crippen LogP contribution in [0.25, 0.3) is 0 Å². The van der Waals surface area contributed by atoms with Gasteiger partial charge in [-0.1, -0.05) is 30.3 Å². The molecule has 4 nitrogen and oxygen atoms in total. The van der Waals surface area contributed by atoms with Crippen LogP contribution in [0.5, 0.6) is 11.5 Å². The molecule has 0 radical (unpaired) electrons. The van der Waals surface area contributed by atoms with Gasteiger partial charge in [0.1, 0.15) is 0 Å². The van der Waals surface area contributed by atoms with Crippen LogP contribution in [0, 0.1) is 0 Å². The zero-order chi connectivity index (χ0) is 16.2. The van der Waals surface area contributed by atoms with Crippen molar-refractivity contribution in [3.05, 3.63) is 59.2 Å². The summed E-state index contributed by atoms with van der Waals surface area (Å²) in [5.41, 5.74) is 3.58. The van der Waals surface area contributed by atoms with Crippen molar-refractivity contribution in [2.75, 3.05) is 20.8 Å². The molecule has 1 aliphatic rings. The highest BCUT2D eigenvalue weighted by Gasteiger charge is 2.28. The Morgan fingerprint density at radius 2 is 1.83 bits per heavy atom. The molecular weight excluding hydrogens is 290 g/mol. The SMILES string of the molecule is COc1cc2c(cc1OC)C(Cc1ccccc1)N(C=O)CC2. The van der Waals surface area contributed by atoms with Crippen molar-refractivity contribution in [2.45, 2.75) is 18.9 Å². The van der Waals surface area contributed by atoms with Crippen LogP contribution in [0.4, 0.5) is 0 Å². The Hall–Kier alpha value is -2.49. The first kappa shape index (κ1) is 15.4. The number of methoxy groups -OCH3 is 2. The third-order valence-corrected chi connectivity index (χ3v) is 4.45. The van der Waals surface area contributed by atoms with Crippen LogP contribution in [0.15, 0.2) is 42.5 Å². The zero-order valence-corrected chi connectivity index (χ0v) is 13.5. The Labute approximate surface area is 136 Å². The van der Waals surface area contributed by atoms with Gasteiger partial charge in [0.15, 0.2) is 11.5 Å². The molecule has 2 aromatic carbocycles. The lowest BCUT2D eigenvalue weighted by Gasteiger charge is -2.35. The summed E-state index contributed by atoms with van der Waals surface area (Å²) in [5.74, 6) is 1.45. The van der Waals surface area contributed by atoms with E-state index >= 15 is 0 Å². The fourth-order valence-corrected chi connectivity index (χ4v) is 3.24. The number of hydrogen-bond acceptors (Lipinski definition) is 3. The smallest absolute Gasteiger partial charge is 0.210 e. The highest BCUT2D eigenvalue weighted by atomic mass is 16.5. The largest absolute Gasteiger partial charge is 0.493 e. The van der Waals surface area contributed by atoms with Gasteiger partial charge < -0.3 is 14.4 Å². The molecule has 23 heavy (non-hydrogen) atoms. The van der Waals surface area contributed by atoms with E-state index in [1.165, 1.54) is 11.1 Å². The molecule has 3 rings (SSSR count). The summed E-state index contributed by atoms with van der Waals surface area (Å²) in [6, 6.07) is 14.3. The Kier molecular flexibility index (Phi) is 4.51. The molecule has 0 spiro atoms. The van der Waals surface area contributed by atoms with Gasteiger partial charge in [-0.05, 0) is 41.7 Å². The monoisotopic (exact) mass is 311 g/mol. The van der Waals surface area contributed by atoms with Crippen molar-refractivity contribution in [1.29, 1.82) is 0 Å². The summed E-state index contributed by atoms with van der Waals surface area (Å²) in [7, 11) is 3.28. The lowest BCUT2D eigenvalue weighted by molar-refractivity contribution is -0.120. The molecule has 0 saturated carbocycles. The molecule has 1 amide bonds. The number of carbonyl (C=O) groups excluding carboxylic acids is 1. The normalized spacial score (nSPS) is 16.6. The number of benzene rings is 2. The second-order valence-corrected chi connectivity index (χ2v) is 5.70. The Morgan fingerprint density at radius 1 is 1.13 bits per heavy atom. The second kappa shape index (κ2) is 6.73. The number of nitrogens with zero attached hydrogens (tertiary/aromatic N) is 1. The minimum Gasteiger partial charge on any atom is -0.493 e. The summed E-state index contributed by atoms with van der Waals surface area (Å²) in [6.07, 6.45) is 2.58.